The van der Waals surface area contributed by atoms with E-state index in [-0.39, 0.29) is 23.9 Å². The first kappa shape index (κ1) is 22.1. The summed E-state index contributed by atoms with van der Waals surface area (Å²) in [5, 5.41) is 4.38. The number of ether oxygens (including phenoxy) is 3. The molecular formula is C23H32N2O5. The highest BCUT2D eigenvalue weighted by molar-refractivity contribution is 5.95. The molecule has 30 heavy (non-hydrogen) atoms. The highest BCUT2D eigenvalue weighted by atomic mass is 16.5. The predicted octanol–water partition coefficient (Wildman–Crippen LogP) is 3.50. The molecule has 3 rings (SSSR count). The van der Waals surface area contributed by atoms with E-state index in [1.165, 1.54) is 6.42 Å². The Morgan fingerprint density at radius 2 is 1.97 bits per heavy atom. The van der Waals surface area contributed by atoms with E-state index in [1.54, 1.807) is 20.3 Å². The van der Waals surface area contributed by atoms with Crippen LogP contribution in [0.15, 0.2) is 23.3 Å². The van der Waals surface area contributed by atoms with Crippen molar-refractivity contribution in [1.29, 1.82) is 0 Å². The summed E-state index contributed by atoms with van der Waals surface area (Å²) in [6.07, 6.45) is 3.80. The molecule has 2 atom stereocenters. The number of nitrogens with one attached hydrogen (secondary N) is 1. The molecule has 0 heterocycles. The van der Waals surface area contributed by atoms with Crippen LogP contribution >= 0.6 is 0 Å². The number of benzene rings is 1. The lowest BCUT2D eigenvalue weighted by Gasteiger charge is -2.34. The Bertz CT molecular complexity index is 848. The number of fused-ring (bicyclic) bond motifs is 2. The number of esters is 1. The average Bonchev–Trinajstić information content (AvgIpc) is 3.07. The summed E-state index contributed by atoms with van der Waals surface area (Å²) in [5.41, 5.74) is 4.69. The molecule has 164 valence electrons. The van der Waals surface area contributed by atoms with Gasteiger partial charge >= 0.3 is 5.97 Å². The molecule has 2 bridgehead atoms. The van der Waals surface area contributed by atoms with Gasteiger partial charge in [0.05, 0.1) is 14.2 Å². The number of hydrogen-bond donors (Lipinski definition) is 1. The van der Waals surface area contributed by atoms with Gasteiger partial charge in [-0.05, 0) is 48.6 Å². The minimum absolute atomic E-state index is 0.0252. The van der Waals surface area contributed by atoms with E-state index in [9.17, 15) is 9.59 Å². The first-order valence-electron chi connectivity index (χ1n) is 10.4. The molecule has 7 nitrogen and oxygen atoms in total. The van der Waals surface area contributed by atoms with Gasteiger partial charge in [0.15, 0.2) is 18.1 Å². The smallest absolute Gasteiger partial charge is 0.306 e. The highest BCUT2D eigenvalue weighted by Crippen LogP contribution is 2.63. The summed E-state index contributed by atoms with van der Waals surface area (Å²) in [7, 11) is 3.12. The topological polar surface area (TPSA) is 86.2 Å². The maximum Gasteiger partial charge on any atom is 0.306 e. The second-order valence-electron chi connectivity index (χ2n) is 8.90. The van der Waals surface area contributed by atoms with Crippen molar-refractivity contribution in [2.24, 2.45) is 21.8 Å². The largest absolute Gasteiger partial charge is 0.493 e. The Hall–Kier alpha value is -2.57. The molecule has 2 saturated carbocycles. The summed E-state index contributed by atoms with van der Waals surface area (Å²) in [6.45, 7) is 6.47. The van der Waals surface area contributed by atoms with Crippen LogP contribution in [-0.2, 0) is 20.7 Å². The van der Waals surface area contributed by atoms with E-state index < -0.39 is 11.9 Å². The van der Waals surface area contributed by atoms with Crippen molar-refractivity contribution in [2.75, 3.05) is 20.8 Å². The number of carbonyl (C=O) groups excluding carboxylic acids is 2. The molecule has 0 spiro atoms. The van der Waals surface area contributed by atoms with Gasteiger partial charge in [0.1, 0.15) is 0 Å². The van der Waals surface area contributed by atoms with E-state index in [2.05, 4.69) is 31.3 Å². The second kappa shape index (κ2) is 8.66. The number of methoxy groups -OCH3 is 2. The zero-order valence-corrected chi connectivity index (χ0v) is 18.5. The first-order valence-corrected chi connectivity index (χ1v) is 10.4. The van der Waals surface area contributed by atoms with Crippen LogP contribution in [0, 0.1) is 16.7 Å². The molecule has 7 heteroatoms. The summed E-state index contributed by atoms with van der Waals surface area (Å²) in [5.74, 6) is 0.960. The number of para-hydroxylation sites is 1. The van der Waals surface area contributed by atoms with Crippen molar-refractivity contribution in [3.05, 3.63) is 23.8 Å². The maximum absolute atomic E-state index is 12.1. The van der Waals surface area contributed by atoms with E-state index >= 15 is 0 Å². The maximum atomic E-state index is 12.1. The standard InChI is InChI=1S/C23H32N2O5/c1-22(2)16-11-12-23(22,3)18(13-16)24-25-19(26)14-30-20(27)10-9-15-7-6-8-17(28-4)21(15)29-5/h6-8,16H,9-14H2,1-5H3,(H,25,26)/b24-18+. The van der Waals surface area contributed by atoms with Crippen LogP contribution in [0.4, 0.5) is 0 Å². The second-order valence-corrected chi connectivity index (χ2v) is 8.90. The monoisotopic (exact) mass is 416 g/mol. The van der Waals surface area contributed by atoms with Gasteiger partial charge < -0.3 is 14.2 Å². The van der Waals surface area contributed by atoms with Gasteiger partial charge in [-0.3, -0.25) is 9.59 Å². The molecule has 2 aliphatic carbocycles. The zero-order chi connectivity index (χ0) is 21.9. The third kappa shape index (κ3) is 4.02. The molecular weight excluding hydrogens is 384 g/mol. The molecule has 1 amide bonds. The van der Waals surface area contributed by atoms with Crippen LogP contribution < -0.4 is 14.9 Å². The van der Waals surface area contributed by atoms with Crippen LogP contribution in [0.1, 0.15) is 52.0 Å². The Labute approximate surface area is 178 Å². The van der Waals surface area contributed by atoms with Gasteiger partial charge in [0.2, 0.25) is 0 Å². The highest BCUT2D eigenvalue weighted by Gasteiger charge is 2.60. The fourth-order valence-electron chi connectivity index (χ4n) is 4.87. The lowest BCUT2D eigenvalue weighted by molar-refractivity contribution is -0.148. The molecule has 0 aliphatic heterocycles. The summed E-state index contributed by atoms with van der Waals surface area (Å²) in [6, 6.07) is 5.51. The van der Waals surface area contributed by atoms with Gasteiger partial charge in [-0.15, -0.1) is 0 Å². The van der Waals surface area contributed by atoms with E-state index in [1.807, 2.05) is 12.1 Å². The van der Waals surface area contributed by atoms with Crippen molar-refractivity contribution in [1.82, 2.24) is 5.43 Å². The molecule has 2 fully saturated rings. The van der Waals surface area contributed by atoms with Crippen molar-refractivity contribution < 1.29 is 23.8 Å². The summed E-state index contributed by atoms with van der Waals surface area (Å²) >= 11 is 0. The van der Waals surface area contributed by atoms with E-state index in [4.69, 9.17) is 14.2 Å². The van der Waals surface area contributed by atoms with Crippen molar-refractivity contribution in [3.63, 3.8) is 0 Å². The molecule has 2 unspecified atom stereocenters. The van der Waals surface area contributed by atoms with Gasteiger partial charge in [-0.25, -0.2) is 5.43 Å². The molecule has 1 aromatic rings. The molecule has 0 radical (unpaired) electrons. The molecule has 1 N–H and O–H groups in total. The van der Waals surface area contributed by atoms with Crippen LogP contribution in [0.25, 0.3) is 0 Å². The lowest BCUT2D eigenvalue weighted by atomic mass is 9.70. The van der Waals surface area contributed by atoms with Crippen molar-refractivity contribution in [2.45, 2.75) is 52.9 Å². The lowest BCUT2D eigenvalue weighted by Crippen LogP contribution is -2.34. The predicted molar refractivity (Wildman–Crippen MR) is 114 cm³/mol. The number of carbonyl (C=O) groups is 2. The average molecular weight is 417 g/mol. The third-order valence-electron chi connectivity index (χ3n) is 7.27. The quantitative estimate of drug-likeness (QED) is 0.518. The number of aryl methyl sites for hydroxylation is 1. The minimum Gasteiger partial charge on any atom is -0.493 e. The molecule has 2 aliphatic rings. The number of hydrogen-bond acceptors (Lipinski definition) is 6. The van der Waals surface area contributed by atoms with Crippen LogP contribution in [-0.4, -0.2) is 38.4 Å². The summed E-state index contributed by atoms with van der Waals surface area (Å²) < 4.78 is 15.7. The van der Waals surface area contributed by atoms with E-state index in [0.717, 1.165) is 24.1 Å². The molecule has 0 saturated heterocycles. The molecule has 1 aromatic carbocycles. The Balaban J connectivity index is 1.46. The molecule has 0 aromatic heterocycles. The minimum atomic E-state index is -0.448. The fraction of sp³-hybridized carbons (Fsp3) is 0.609. The normalized spacial score (nSPS) is 25.2. The Morgan fingerprint density at radius 1 is 1.20 bits per heavy atom. The van der Waals surface area contributed by atoms with Crippen molar-refractivity contribution >= 4 is 17.6 Å². The number of amides is 1. The van der Waals surface area contributed by atoms with Crippen molar-refractivity contribution in [3.8, 4) is 11.5 Å². The Morgan fingerprint density at radius 3 is 2.57 bits per heavy atom. The summed E-state index contributed by atoms with van der Waals surface area (Å²) in [4.78, 5) is 24.2. The van der Waals surface area contributed by atoms with Gasteiger partial charge in [0.25, 0.3) is 5.91 Å². The van der Waals surface area contributed by atoms with Gasteiger partial charge in [-0.1, -0.05) is 32.9 Å². The van der Waals surface area contributed by atoms with Crippen LogP contribution in [0.5, 0.6) is 11.5 Å². The first-order chi connectivity index (χ1) is 14.2. The van der Waals surface area contributed by atoms with Gasteiger partial charge in [0, 0.05) is 17.5 Å². The van der Waals surface area contributed by atoms with Gasteiger partial charge in [-0.2, -0.15) is 5.10 Å². The third-order valence-corrected chi connectivity index (χ3v) is 7.27. The number of nitrogens with zero attached hydrogens (tertiary/aromatic N) is 1. The van der Waals surface area contributed by atoms with Crippen LogP contribution in [0.3, 0.4) is 0 Å². The SMILES string of the molecule is COc1cccc(CCC(=O)OCC(=O)N/N=C2\CC3CCC2(C)C3(C)C)c1OC. The van der Waals surface area contributed by atoms with Crippen LogP contribution in [0.2, 0.25) is 0 Å². The fourth-order valence-corrected chi connectivity index (χ4v) is 4.87. The van der Waals surface area contributed by atoms with E-state index in [0.29, 0.717) is 23.8 Å². The zero-order valence-electron chi connectivity index (χ0n) is 18.5. The number of hydrazone groups is 1. The Kier molecular flexibility index (Phi) is 6.38. The number of rotatable bonds is 8.